The second-order valence-electron chi connectivity index (χ2n) is 3.93. The van der Waals surface area contributed by atoms with Crippen molar-refractivity contribution in [3.8, 4) is 0 Å². The summed E-state index contributed by atoms with van der Waals surface area (Å²) in [4.78, 5) is 24.2. The largest absolute Gasteiger partial charge is 0.340 e. The van der Waals surface area contributed by atoms with Gasteiger partial charge in [0.1, 0.15) is 5.78 Å². The minimum absolute atomic E-state index is 0.0171. The number of amides is 1. The lowest BCUT2D eigenvalue weighted by Gasteiger charge is -2.34. The van der Waals surface area contributed by atoms with Crippen LogP contribution in [-0.2, 0) is 9.59 Å². The Morgan fingerprint density at radius 1 is 1.29 bits per heavy atom. The average Bonchev–Trinajstić information content (AvgIpc) is 2.00. The lowest BCUT2D eigenvalue weighted by molar-refractivity contribution is -0.134. The molecule has 1 aliphatic rings. The first-order valence-corrected chi connectivity index (χ1v) is 5.86. The highest BCUT2D eigenvalue weighted by Crippen LogP contribution is 2.24. The molecule has 1 aliphatic heterocycles. The molecule has 1 saturated heterocycles. The molecule has 0 N–H and O–H groups in total. The zero-order chi connectivity index (χ0) is 10.7. The molecule has 0 aliphatic carbocycles. The van der Waals surface area contributed by atoms with Crippen molar-refractivity contribution in [2.24, 2.45) is 0 Å². The Morgan fingerprint density at radius 2 is 1.79 bits per heavy atom. The lowest BCUT2D eigenvalue weighted by Crippen LogP contribution is -2.44. The molecule has 4 heteroatoms. The van der Waals surface area contributed by atoms with Crippen molar-refractivity contribution in [2.75, 3.05) is 13.1 Å². The molecule has 80 valence electrons. The summed E-state index contributed by atoms with van der Waals surface area (Å²) in [7, 11) is 0. The van der Waals surface area contributed by atoms with E-state index in [1.165, 1.54) is 6.92 Å². The first-order valence-electron chi connectivity index (χ1n) is 4.91. The first kappa shape index (κ1) is 11.6. The number of hydrogen-bond donors (Lipinski definition) is 0. The van der Waals surface area contributed by atoms with Gasteiger partial charge in [-0.25, -0.2) is 0 Å². The summed E-state index contributed by atoms with van der Waals surface area (Å²) < 4.78 is 0. The Morgan fingerprint density at radius 3 is 2.21 bits per heavy atom. The van der Waals surface area contributed by atoms with Crippen molar-refractivity contribution in [3.63, 3.8) is 0 Å². The van der Waals surface area contributed by atoms with E-state index in [-0.39, 0.29) is 18.1 Å². The van der Waals surface area contributed by atoms with Gasteiger partial charge in [-0.2, -0.15) is 11.8 Å². The molecule has 1 rings (SSSR count). The van der Waals surface area contributed by atoms with Gasteiger partial charge in [0.25, 0.3) is 0 Å². The van der Waals surface area contributed by atoms with Gasteiger partial charge in [0.15, 0.2) is 0 Å². The van der Waals surface area contributed by atoms with Gasteiger partial charge < -0.3 is 4.90 Å². The van der Waals surface area contributed by atoms with Crippen molar-refractivity contribution in [3.05, 3.63) is 0 Å². The van der Waals surface area contributed by atoms with Crippen LogP contribution < -0.4 is 0 Å². The SMILES string of the molecule is CC(=O)CC(=O)N1CC(C)SC(C)C1. The van der Waals surface area contributed by atoms with Gasteiger partial charge in [-0.05, 0) is 6.92 Å². The van der Waals surface area contributed by atoms with Crippen LogP contribution >= 0.6 is 11.8 Å². The van der Waals surface area contributed by atoms with Gasteiger partial charge in [0.05, 0.1) is 6.42 Å². The third kappa shape index (κ3) is 3.33. The van der Waals surface area contributed by atoms with Crippen LogP contribution in [-0.4, -0.2) is 40.2 Å². The number of ketones is 1. The number of thioether (sulfide) groups is 1. The van der Waals surface area contributed by atoms with E-state index in [0.717, 1.165) is 13.1 Å². The van der Waals surface area contributed by atoms with Crippen LogP contribution in [0.4, 0.5) is 0 Å². The fraction of sp³-hybridized carbons (Fsp3) is 0.800. The summed E-state index contributed by atoms with van der Waals surface area (Å²) in [5.41, 5.74) is 0. The predicted octanol–water partition coefficient (Wildman–Crippen LogP) is 1.32. The Labute approximate surface area is 89.2 Å². The molecular formula is C10H17NO2S. The molecular weight excluding hydrogens is 198 g/mol. The van der Waals surface area contributed by atoms with Gasteiger partial charge in [-0.3, -0.25) is 9.59 Å². The maximum atomic E-state index is 11.6. The molecule has 2 atom stereocenters. The van der Waals surface area contributed by atoms with Crippen LogP contribution in [0.2, 0.25) is 0 Å². The number of rotatable bonds is 2. The first-order chi connectivity index (χ1) is 6.49. The van der Waals surface area contributed by atoms with E-state index >= 15 is 0 Å². The molecule has 0 spiro atoms. The minimum atomic E-state index is -0.0477. The summed E-state index contributed by atoms with van der Waals surface area (Å²) in [6, 6.07) is 0. The lowest BCUT2D eigenvalue weighted by atomic mass is 10.2. The smallest absolute Gasteiger partial charge is 0.230 e. The van der Waals surface area contributed by atoms with Crippen molar-refractivity contribution in [1.29, 1.82) is 0 Å². The van der Waals surface area contributed by atoms with Gasteiger partial charge in [-0.15, -0.1) is 0 Å². The molecule has 0 aromatic rings. The normalized spacial score (nSPS) is 27.5. The van der Waals surface area contributed by atoms with Crippen LogP contribution in [0.15, 0.2) is 0 Å². The summed E-state index contributed by atoms with van der Waals surface area (Å²) in [5, 5.41) is 0.962. The summed E-state index contributed by atoms with van der Waals surface area (Å²) in [5.74, 6) is -0.0648. The third-order valence-electron chi connectivity index (χ3n) is 2.17. The predicted molar refractivity (Wildman–Crippen MR) is 58.4 cm³/mol. The van der Waals surface area contributed by atoms with E-state index < -0.39 is 0 Å². The minimum Gasteiger partial charge on any atom is -0.340 e. The highest BCUT2D eigenvalue weighted by Gasteiger charge is 2.25. The van der Waals surface area contributed by atoms with Crippen LogP contribution in [0.5, 0.6) is 0 Å². The molecule has 0 aromatic heterocycles. The molecule has 0 bridgehead atoms. The number of carbonyl (C=O) groups excluding carboxylic acids is 2. The second-order valence-corrected chi connectivity index (χ2v) is 5.82. The van der Waals surface area contributed by atoms with Crippen LogP contribution in [0, 0.1) is 0 Å². The zero-order valence-electron chi connectivity index (χ0n) is 8.95. The number of nitrogens with zero attached hydrogens (tertiary/aromatic N) is 1. The number of hydrogen-bond acceptors (Lipinski definition) is 3. The Hall–Kier alpha value is -0.510. The van der Waals surface area contributed by atoms with E-state index in [1.807, 2.05) is 16.7 Å². The fourth-order valence-corrected chi connectivity index (χ4v) is 3.03. The third-order valence-corrected chi connectivity index (χ3v) is 3.40. The molecule has 1 amide bonds. The Balaban J connectivity index is 2.50. The zero-order valence-corrected chi connectivity index (χ0v) is 9.76. The number of carbonyl (C=O) groups is 2. The van der Waals surface area contributed by atoms with Crippen molar-refractivity contribution in [1.82, 2.24) is 4.90 Å². The summed E-state index contributed by atoms with van der Waals surface area (Å²) in [6.45, 7) is 7.26. The highest BCUT2D eigenvalue weighted by atomic mass is 32.2. The van der Waals surface area contributed by atoms with E-state index in [4.69, 9.17) is 0 Å². The molecule has 14 heavy (non-hydrogen) atoms. The second kappa shape index (κ2) is 4.82. The molecule has 0 aromatic carbocycles. The van der Waals surface area contributed by atoms with E-state index in [2.05, 4.69) is 13.8 Å². The van der Waals surface area contributed by atoms with Crippen LogP contribution in [0.3, 0.4) is 0 Å². The molecule has 1 heterocycles. The van der Waals surface area contributed by atoms with Gasteiger partial charge >= 0.3 is 0 Å². The molecule has 0 saturated carbocycles. The topological polar surface area (TPSA) is 37.4 Å². The van der Waals surface area contributed by atoms with Crippen molar-refractivity contribution in [2.45, 2.75) is 37.7 Å². The molecule has 1 fully saturated rings. The molecule has 3 nitrogen and oxygen atoms in total. The van der Waals surface area contributed by atoms with Gasteiger partial charge in [0.2, 0.25) is 5.91 Å². The maximum Gasteiger partial charge on any atom is 0.230 e. The number of Topliss-reactive ketones (excluding diaryl/α,β-unsaturated/α-hetero) is 1. The van der Waals surface area contributed by atoms with Crippen LogP contribution in [0.1, 0.15) is 27.2 Å². The summed E-state index contributed by atoms with van der Waals surface area (Å²) in [6.07, 6.45) is 0.0596. The van der Waals surface area contributed by atoms with Crippen molar-refractivity contribution >= 4 is 23.5 Å². The maximum absolute atomic E-state index is 11.6. The van der Waals surface area contributed by atoms with Gasteiger partial charge in [0, 0.05) is 23.6 Å². The van der Waals surface area contributed by atoms with E-state index in [1.54, 1.807) is 0 Å². The Kier molecular flexibility index (Phi) is 3.98. The van der Waals surface area contributed by atoms with E-state index in [9.17, 15) is 9.59 Å². The monoisotopic (exact) mass is 215 g/mol. The fourth-order valence-electron chi connectivity index (χ4n) is 1.71. The van der Waals surface area contributed by atoms with Crippen molar-refractivity contribution < 1.29 is 9.59 Å². The quantitative estimate of drug-likeness (QED) is 0.652. The highest BCUT2D eigenvalue weighted by molar-refractivity contribution is 8.00. The van der Waals surface area contributed by atoms with Crippen LogP contribution in [0.25, 0.3) is 0 Å². The standard InChI is InChI=1S/C10H17NO2S/c1-7(12)4-10(13)11-5-8(2)14-9(3)6-11/h8-9H,4-6H2,1-3H3. The molecule has 2 unspecified atom stereocenters. The average molecular weight is 215 g/mol. The van der Waals surface area contributed by atoms with E-state index in [0.29, 0.717) is 10.5 Å². The Bertz CT molecular complexity index is 232. The summed E-state index contributed by atoms with van der Waals surface area (Å²) >= 11 is 1.90. The molecule has 0 radical (unpaired) electrons. The van der Waals surface area contributed by atoms with Gasteiger partial charge in [-0.1, -0.05) is 13.8 Å².